The van der Waals surface area contributed by atoms with Gasteiger partial charge in [-0.2, -0.15) is 0 Å². The van der Waals surface area contributed by atoms with Crippen molar-refractivity contribution in [3.63, 3.8) is 0 Å². The Morgan fingerprint density at radius 2 is 1.96 bits per heavy atom. The molecule has 0 aromatic heterocycles. The Hall–Kier alpha value is -1.70. The number of nitrogens with two attached hydrogens (primary N) is 1. The van der Waals surface area contributed by atoms with E-state index in [1.165, 1.54) is 0 Å². The first-order chi connectivity index (χ1) is 11.1. The molecule has 1 aromatic carbocycles. The van der Waals surface area contributed by atoms with Crippen molar-refractivity contribution in [3.8, 4) is 5.75 Å². The number of ether oxygens (including phenoxy) is 1. The van der Waals surface area contributed by atoms with Crippen LogP contribution in [0, 0.1) is 5.92 Å². The van der Waals surface area contributed by atoms with Gasteiger partial charge in [0.25, 0.3) is 0 Å². The molecule has 0 aliphatic carbocycles. The number of benzene rings is 1. The van der Waals surface area contributed by atoms with Gasteiger partial charge in [0.05, 0.1) is 25.9 Å². The molecule has 1 aliphatic rings. The predicted octanol–water partition coefficient (Wildman–Crippen LogP) is 0.556. The topological polar surface area (TPSA) is 96.7 Å². The van der Waals surface area contributed by atoms with Crippen LogP contribution in [0.5, 0.6) is 5.75 Å². The van der Waals surface area contributed by atoms with Crippen molar-refractivity contribution >= 4 is 42.3 Å². The highest BCUT2D eigenvalue weighted by Crippen LogP contribution is 2.31. The van der Waals surface area contributed by atoms with E-state index in [2.05, 4.69) is 15.5 Å². The van der Waals surface area contributed by atoms with Crippen LogP contribution in [0.2, 0.25) is 0 Å². The minimum absolute atomic E-state index is 0. The van der Waals surface area contributed by atoms with Crippen LogP contribution >= 0.6 is 24.8 Å². The van der Waals surface area contributed by atoms with Crippen molar-refractivity contribution < 1.29 is 14.3 Å². The monoisotopic (exact) mass is 392 g/mol. The number of nitrogens with one attached hydrogen (secondary N) is 2. The molecule has 0 spiro atoms. The number of halogens is 2. The van der Waals surface area contributed by atoms with Crippen molar-refractivity contribution in [2.75, 3.05) is 44.7 Å². The Labute approximate surface area is 160 Å². The normalized spacial score (nSPS) is 15.6. The molecular formula is C16H26Cl2N4O3. The summed E-state index contributed by atoms with van der Waals surface area (Å²) < 4.78 is 5.39. The quantitative estimate of drug-likeness (QED) is 0.629. The van der Waals surface area contributed by atoms with Gasteiger partial charge in [0.15, 0.2) is 0 Å². The van der Waals surface area contributed by atoms with E-state index in [1.54, 1.807) is 7.11 Å². The lowest BCUT2D eigenvalue weighted by Crippen LogP contribution is -2.41. The summed E-state index contributed by atoms with van der Waals surface area (Å²) in [7, 11) is 1.67. The van der Waals surface area contributed by atoms with Crippen LogP contribution in [0.3, 0.4) is 0 Å². The number of amides is 2. The number of carbonyl (C=O) groups excluding carboxylic acids is 2. The summed E-state index contributed by atoms with van der Waals surface area (Å²) >= 11 is 0. The van der Waals surface area contributed by atoms with Gasteiger partial charge in [-0.3, -0.25) is 9.59 Å². The van der Waals surface area contributed by atoms with E-state index < -0.39 is 0 Å². The number of carbonyl (C=O) groups is 2. The molecule has 25 heavy (non-hydrogen) atoms. The molecule has 142 valence electrons. The summed E-state index contributed by atoms with van der Waals surface area (Å²) in [5.41, 5.74) is 6.25. The number of rotatable bonds is 7. The van der Waals surface area contributed by atoms with E-state index in [4.69, 9.17) is 10.5 Å². The van der Waals surface area contributed by atoms with E-state index in [1.807, 2.05) is 24.3 Å². The number of nitrogens with zero attached hydrogens (tertiary/aromatic N) is 1. The van der Waals surface area contributed by atoms with Gasteiger partial charge in [0.2, 0.25) is 11.8 Å². The Balaban J connectivity index is 0.00000288. The van der Waals surface area contributed by atoms with E-state index in [-0.39, 0.29) is 49.7 Å². The van der Waals surface area contributed by atoms with Crippen LogP contribution in [-0.4, -0.2) is 51.6 Å². The average molecular weight is 393 g/mol. The van der Waals surface area contributed by atoms with E-state index >= 15 is 0 Å². The van der Waals surface area contributed by atoms with E-state index in [0.717, 1.165) is 30.9 Å². The van der Waals surface area contributed by atoms with Gasteiger partial charge in [-0.05, 0) is 24.5 Å². The number of anilines is 1. The summed E-state index contributed by atoms with van der Waals surface area (Å²) in [6.07, 6.45) is 1.01. The molecule has 1 saturated heterocycles. The molecule has 7 nitrogen and oxygen atoms in total. The van der Waals surface area contributed by atoms with Crippen molar-refractivity contribution in [3.05, 3.63) is 24.3 Å². The van der Waals surface area contributed by atoms with Crippen LogP contribution in [0.25, 0.3) is 0 Å². The summed E-state index contributed by atoms with van der Waals surface area (Å²) in [6, 6.07) is 7.94. The molecule has 0 radical (unpaired) electrons. The van der Waals surface area contributed by atoms with Gasteiger partial charge in [0.1, 0.15) is 5.75 Å². The standard InChI is InChI=1S/C16H24N4O3.2ClH/c1-23-14-5-3-2-4-13(14)20-7-6-12(11-20)9-18-16(22)10-19-15(21)8-17;;/h2-5,12H,6-11,17H2,1H3,(H,18,22)(H,19,21);2*1H. The van der Waals surface area contributed by atoms with Crippen LogP contribution in [0.1, 0.15) is 6.42 Å². The first-order valence-electron chi connectivity index (χ1n) is 7.75. The maximum Gasteiger partial charge on any atom is 0.239 e. The highest BCUT2D eigenvalue weighted by atomic mass is 35.5. The second-order valence-corrected chi connectivity index (χ2v) is 5.56. The fourth-order valence-corrected chi connectivity index (χ4v) is 2.68. The molecule has 1 unspecified atom stereocenters. The fourth-order valence-electron chi connectivity index (χ4n) is 2.68. The molecule has 1 atom stereocenters. The van der Waals surface area contributed by atoms with Crippen molar-refractivity contribution in [1.29, 1.82) is 0 Å². The first kappa shape index (κ1) is 23.3. The number of hydrogen-bond donors (Lipinski definition) is 3. The number of hydrogen-bond acceptors (Lipinski definition) is 5. The zero-order chi connectivity index (χ0) is 16.7. The van der Waals surface area contributed by atoms with Gasteiger partial charge in [-0.15, -0.1) is 24.8 Å². The molecule has 1 fully saturated rings. The summed E-state index contributed by atoms with van der Waals surface area (Å²) in [4.78, 5) is 24.9. The van der Waals surface area contributed by atoms with E-state index in [9.17, 15) is 9.59 Å². The van der Waals surface area contributed by atoms with Crippen LogP contribution in [0.15, 0.2) is 24.3 Å². The van der Waals surface area contributed by atoms with E-state index in [0.29, 0.717) is 12.5 Å². The second-order valence-electron chi connectivity index (χ2n) is 5.56. The van der Waals surface area contributed by atoms with Crippen molar-refractivity contribution in [1.82, 2.24) is 10.6 Å². The zero-order valence-corrected chi connectivity index (χ0v) is 15.8. The molecule has 0 bridgehead atoms. The molecule has 1 aromatic rings. The lowest BCUT2D eigenvalue weighted by Gasteiger charge is -2.21. The maximum atomic E-state index is 11.7. The molecule has 4 N–H and O–H groups in total. The molecule has 9 heteroatoms. The molecule has 0 saturated carbocycles. The maximum absolute atomic E-state index is 11.7. The zero-order valence-electron chi connectivity index (χ0n) is 14.2. The van der Waals surface area contributed by atoms with Crippen molar-refractivity contribution in [2.24, 2.45) is 11.7 Å². The fraction of sp³-hybridized carbons (Fsp3) is 0.500. The lowest BCUT2D eigenvalue weighted by atomic mass is 10.1. The van der Waals surface area contributed by atoms with Gasteiger partial charge in [-0.25, -0.2) is 0 Å². The molecule has 1 heterocycles. The second kappa shape index (κ2) is 11.8. The van der Waals surface area contributed by atoms with Gasteiger partial charge in [-0.1, -0.05) is 12.1 Å². The lowest BCUT2D eigenvalue weighted by molar-refractivity contribution is -0.125. The van der Waals surface area contributed by atoms with Crippen LogP contribution < -0.4 is 26.0 Å². The highest BCUT2D eigenvalue weighted by Gasteiger charge is 2.24. The first-order valence-corrected chi connectivity index (χ1v) is 7.75. The third-order valence-electron chi connectivity index (χ3n) is 3.93. The van der Waals surface area contributed by atoms with Crippen molar-refractivity contribution in [2.45, 2.75) is 6.42 Å². The third-order valence-corrected chi connectivity index (χ3v) is 3.93. The van der Waals surface area contributed by atoms with Gasteiger partial charge < -0.3 is 26.0 Å². The van der Waals surface area contributed by atoms with Gasteiger partial charge in [0, 0.05) is 19.6 Å². The summed E-state index contributed by atoms with van der Waals surface area (Å²) in [6.45, 7) is 2.27. The third kappa shape index (κ3) is 6.97. The minimum atomic E-state index is -0.330. The minimum Gasteiger partial charge on any atom is -0.495 e. The van der Waals surface area contributed by atoms with Crippen LogP contribution in [0.4, 0.5) is 5.69 Å². The summed E-state index contributed by atoms with van der Waals surface area (Å²) in [5.74, 6) is 0.724. The Kier molecular flexibility index (Phi) is 11.0. The Morgan fingerprint density at radius 1 is 1.24 bits per heavy atom. The smallest absolute Gasteiger partial charge is 0.239 e. The van der Waals surface area contributed by atoms with Gasteiger partial charge >= 0.3 is 0 Å². The Bertz CT molecular complexity index is 560. The summed E-state index contributed by atoms with van der Waals surface area (Å²) in [5, 5.41) is 5.31. The molecule has 2 rings (SSSR count). The number of methoxy groups -OCH3 is 1. The molecular weight excluding hydrogens is 367 g/mol. The predicted molar refractivity (Wildman–Crippen MR) is 103 cm³/mol. The Morgan fingerprint density at radius 3 is 2.64 bits per heavy atom. The average Bonchev–Trinajstić information content (AvgIpc) is 3.06. The molecule has 2 amide bonds. The highest BCUT2D eigenvalue weighted by molar-refractivity contribution is 5.86. The van der Waals surface area contributed by atoms with Crippen LogP contribution in [-0.2, 0) is 9.59 Å². The SMILES string of the molecule is COc1ccccc1N1CCC(CNC(=O)CNC(=O)CN)C1.Cl.Cl. The largest absolute Gasteiger partial charge is 0.495 e. The molecule has 1 aliphatic heterocycles. The number of para-hydroxylation sites is 2.